The Morgan fingerprint density at radius 3 is 2.71 bits per heavy atom. The van der Waals surface area contributed by atoms with E-state index in [4.69, 9.17) is 0 Å². The van der Waals surface area contributed by atoms with Gasteiger partial charge in [0, 0.05) is 46.0 Å². The van der Waals surface area contributed by atoms with Crippen molar-refractivity contribution in [3.63, 3.8) is 0 Å². The third kappa shape index (κ3) is 4.19. The van der Waals surface area contributed by atoms with Crippen molar-refractivity contribution in [2.75, 3.05) is 38.1 Å². The van der Waals surface area contributed by atoms with Crippen molar-refractivity contribution in [1.82, 2.24) is 15.2 Å². The van der Waals surface area contributed by atoms with Crippen molar-refractivity contribution in [2.24, 2.45) is 10.4 Å². The zero-order valence-corrected chi connectivity index (χ0v) is 15.4. The Bertz CT molecular complexity index is 575. The SMILES string of the molecule is CN=C(NCc1ccnc(N2CCCCC2)c1)N1CCC(C)(C)C1. The largest absolute Gasteiger partial charge is 0.357 e. The topological polar surface area (TPSA) is 43.8 Å². The van der Waals surface area contributed by atoms with Crippen molar-refractivity contribution in [3.8, 4) is 0 Å². The fourth-order valence-electron chi connectivity index (χ4n) is 3.67. The molecule has 0 spiro atoms. The maximum absolute atomic E-state index is 4.56. The Morgan fingerprint density at radius 2 is 2.04 bits per heavy atom. The molecule has 1 aromatic rings. The lowest BCUT2D eigenvalue weighted by atomic mass is 9.93. The number of nitrogens with zero attached hydrogens (tertiary/aromatic N) is 4. The minimum absolute atomic E-state index is 0.385. The Hall–Kier alpha value is -1.78. The molecule has 2 aliphatic heterocycles. The summed E-state index contributed by atoms with van der Waals surface area (Å²) in [6, 6.07) is 4.32. The summed E-state index contributed by atoms with van der Waals surface area (Å²) in [6.07, 6.45) is 7.06. The van der Waals surface area contributed by atoms with Crippen LogP contribution in [0, 0.1) is 5.41 Å². The molecule has 5 heteroatoms. The highest BCUT2D eigenvalue weighted by molar-refractivity contribution is 5.80. The lowest BCUT2D eigenvalue weighted by Gasteiger charge is -2.28. The fraction of sp³-hybridized carbons (Fsp3) is 0.684. The van der Waals surface area contributed by atoms with E-state index in [-0.39, 0.29) is 0 Å². The second-order valence-electron chi connectivity index (χ2n) is 7.81. The molecule has 0 unspecified atom stereocenters. The summed E-state index contributed by atoms with van der Waals surface area (Å²) in [6.45, 7) is 9.88. The number of hydrogen-bond acceptors (Lipinski definition) is 3. The first-order valence-electron chi connectivity index (χ1n) is 9.23. The van der Waals surface area contributed by atoms with Crippen molar-refractivity contribution in [1.29, 1.82) is 0 Å². The van der Waals surface area contributed by atoms with E-state index in [0.29, 0.717) is 5.41 Å². The highest BCUT2D eigenvalue weighted by Gasteiger charge is 2.30. The molecule has 0 radical (unpaired) electrons. The first-order valence-corrected chi connectivity index (χ1v) is 9.23. The number of likely N-dealkylation sites (tertiary alicyclic amines) is 1. The molecule has 0 aromatic carbocycles. The van der Waals surface area contributed by atoms with Crippen molar-refractivity contribution in [2.45, 2.75) is 46.1 Å². The van der Waals surface area contributed by atoms with E-state index in [1.54, 1.807) is 0 Å². The smallest absolute Gasteiger partial charge is 0.193 e. The number of rotatable bonds is 3. The number of pyridine rings is 1. The first kappa shape index (κ1) is 17.1. The zero-order chi connectivity index (χ0) is 17.0. The summed E-state index contributed by atoms with van der Waals surface area (Å²) < 4.78 is 0. The Balaban J connectivity index is 1.59. The molecule has 0 saturated carbocycles. The Kier molecular flexibility index (Phi) is 5.27. The normalized spacial score (nSPS) is 21.2. The maximum Gasteiger partial charge on any atom is 0.193 e. The van der Waals surface area contributed by atoms with Gasteiger partial charge in [0.15, 0.2) is 5.96 Å². The van der Waals surface area contributed by atoms with Gasteiger partial charge in [0.25, 0.3) is 0 Å². The van der Waals surface area contributed by atoms with Gasteiger partial charge in [0.2, 0.25) is 0 Å². The summed E-state index contributed by atoms with van der Waals surface area (Å²) in [7, 11) is 1.87. The van der Waals surface area contributed by atoms with E-state index in [2.05, 4.69) is 51.1 Å². The zero-order valence-electron chi connectivity index (χ0n) is 15.4. The maximum atomic E-state index is 4.56. The summed E-state index contributed by atoms with van der Waals surface area (Å²) in [4.78, 5) is 13.8. The number of guanidine groups is 1. The third-order valence-electron chi connectivity index (χ3n) is 5.13. The molecular weight excluding hydrogens is 298 g/mol. The summed E-state index contributed by atoms with van der Waals surface area (Å²) in [5.41, 5.74) is 1.65. The van der Waals surface area contributed by atoms with Crippen LogP contribution in [0.15, 0.2) is 23.3 Å². The van der Waals surface area contributed by atoms with Gasteiger partial charge in [-0.15, -0.1) is 0 Å². The molecule has 24 heavy (non-hydrogen) atoms. The van der Waals surface area contributed by atoms with E-state index in [9.17, 15) is 0 Å². The van der Waals surface area contributed by atoms with Crippen LogP contribution in [0.2, 0.25) is 0 Å². The Labute approximate surface area is 146 Å². The molecule has 2 aliphatic rings. The molecule has 0 amide bonds. The van der Waals surface area contributed by atoms with Gasteiger partial charge in [0.1, 0.15) is 5.82 Å². The molecule has 0 bridgehead atoms. The lowest BCUT2D eigenvalue weighted by molar-refractivity contribution is 0.370. The van der Waals surface area contributed by atoms with E-state index in [0.717, 1.165) is 44.5 Å². The molecule has 132 valence electrons. The summed E-state index contributed by atoms with van der Waals surface area (Å²) >= 11 is 0. The van der Waals surface area contributed by atoms with Crippen molar-refractivity contribution >= 4 is 11.8 Å². The number of aliphatic imine (C=N–C) groups is 1. The average Bonchev–Trinajstić information content (AvgIpc) is 2.96. The van der Waals surface area contributed by atoms with Gasteiger partial charge in [-0.1, -0.05) is 13.8 Å². The van der Waals surface area contributed by atoms with E-state index in [1.165, 1.54) is 31.2 Å². The highest BCUT2D eigenvalue weighted by Crippen LogP contribution is 2.28. The lowest BCUT2D eigenvalue weighted by Crippen LogP contribution is -2.40. The van der Waals surface area contributed by atoms with E-state index >= 15 is 0 Å². The molecule has 2 saturated heterocycles. The average molecular weight is 329 g/mol. The van der Waals surface area contributed by atoms with Gasteiger partial charge in [-0.3, -0.25) is 4.99 Å². The minimum Gasteiger partial charge on any atom is -0.357 e. The molecule has 2 fully saturated rings. The van der Waals surface area contributed by atoms with Crippen LogP contribution >= 0.6 is 0 Å². The molecule has 0 aliphatic carbocycles. The van der Waals surface area contributed by atoms with Crippen LogP contribution in [0.25, 0.3) is 0 Å². The molecule has 1 aromatic heterocycles. The van der Waals surface area contributed by atoms with Gasteiger partial charge in [-0.05, 0) is 48.8 Å². The summed E-state index contributed by atoms with van der Waals surface area (Å²) in [5.74, 6) is 2.13. The quantitative estimate of drug-likeness (QED) is 0.684. The fourth-order valence-corrected chi connectivity index (χ4v) is 3.67. The van der Waals surface area contributed by atoms with Gasteiger partial charge < -0.3 is 15.1 Å². The molecule has 1 N–H and O–H groups in total. The predicted molar refractivity (Wildman–Crippen MR) is 100 cm³/mol. The van der Waals surface area contributed by atoms with E-state index in [1.807, 2.05) is 13.2 Å². The second-order valence-corrected chi connectivity index (χ2v) is 7.81. The standard InChI is InChI=1S/C19H31N5/c1-19(2)8-12-24(15-19)18(20-3)22-14-16-7-9-21-17(13-16)23-10-5-4-6-11-23/h7,9,13H,4-6,8,10-12,14-15H2,1-3H3,(H,20,22). The number of nitrogens with one attached hydrogen (secondary N) is 1. The molecule has 5 nitrogen and oxygen atoms in total. The highest BCUT2D eigenvalue weighted by atomic mass is 15.3. The molecule has 3 rings (SSSR count). The Morgan fingerprint density at radius 1 is 1.25 bits per heavy atom. The second kappa shape index (κ2) is 7.41. The monoisotopic (exact) mass is 329 g/mol. The predicted octanol–water partition coefficient (Wildman–Crippen LogP) is 2.88. The van der Waals surface area contributed by atoms with Crippen molar-refractivity contribution < 1.29 is 0 Å². The van der Waals surface area contributed by atoms with Gasteiger partial charge in [0.05, 0.1) is 0 Å². The molecule has 0 atom stereocenters. The number of aromatic nitrogens is 1. The molecule has 3 heterocycles. The summed E-state index contributed by atoms with van der Waals surface area (Å²) in [5, 5.41) is 3.53. The number of hydrogen-bond donors (Lipinski definition) is 1. The minimum atomic E-state index is 0.385. The molecular formula is C19H31N5. The third-order valence-corrected chi connectivity index (χ3v) is 5.13. The van der Waals surface area contributed by atoms with Gasteiger partial charge in [-0.25, -0.2) is 4.98 Å². The van der Waals surface area contributed by atoms with Crippen LogP contribution in [0.4, 0.5) is 5.82 Å². The number of piperidine rings is 1. The van der Waals surface area contributed by atoms with Crippen LogP contribution in [-0.4, -0.2) is 49.1 Å². The van der Waals surface area contributed by atoms with Gasteiger partial charge >= 0.3 is 0 Å². The van der Waals surface area contributed by atoms with Crippen molar-refractivity contribution in [3.05, 3.63) is 23.9 Å². The first-order chi connectivity index (χ1) is 11.6. The van der Waals surface area contributed by atoms with Crippen LogP contribution < -0.4 is 10.2 Å². The van der Waals surface area contributed by atoms with Crippen LogP contribution in [-0.2, 0) is 6.54 Å². The van der Waals surface area contributed by atoms with E-state index < -0.39 is 0 Å². The van der Waals surface area contributed by atoms with Gasteiger partial charge in [-0.2, -0.15) is 0 Å². The van der Waals surface area contributed by atoms with Crippen LogP contribution in [0.5, 0.6) is 0 Å². The van der Waals surface area contributed by atoms with Crippen LogP contribution in [0.3, 0.4) is 0 Å². The number of anilines is 1. The van der Waals surface area contributed by atoms with Crippen LogP contribution in [0.1, 0.15) is 45.1 Å².